The Bertz CT molecular complexity index is 164. The summed E-state index contributed by atoms with van der Waals surface area (Å²) >= 11 is 1.64. The minimum atomic E-state index is 0.137. The van der Waals surface area contributed by atoms with Crippen LogP contribution in [0.25, 0.3) is 0 Å². The lowest BCUT2D eigenvalue weighted by Gasteiger charge is -2.23. The Kier molecular flexibility index (Phi) is 4.64. The molecule has 1 aliphatic heterocycles. The van der Waals surface area contributed by atoms with E-state index in [0.29, 0.717) is 5.91 Å². The fourth-order valence-corrected chi connectivity index (χ4v) is 2.00. The third-order valence-corrected chi connectivity index (χ3v) is 3.53. The van der Waals surface area contributed by atoms with Gasteiger partial charge in [-0.3, -0.25) is 4.79 Å². The van der Waals surface area contributed by atoms with Crippen molar-refractivity contribution in [1.29, 1.82) is 0 Å². The van der Waals surface area contributed by atoms with Crippen LogP contribution in [0.3, 0.4) is 0 Å². The SMILES string of the molecule is CSC(C)C(=O)N1CCCCCC1. The van der Waals surface area contributed by atoms with E-state index in [-0.39, 0.29) is 5.25 Å². The standard InChI is InChI=1S/C10H19NOS/c1-9(13-2)10(12)11-7-5-3-4-6-8-11/h9H,3-8H2,1-2H3. The molecule has 13 heavy (non-hydrogen) atoms. The van der Waals surface area contributed by atoms with Crippen LogP contribution in [-0.2, 0) is 4.79 Å². The van der Waals surface area contributed by atoms with Gasteiger partial charge in [0.05, 0.1) is 5.25 Å². The highest BCUT2D eigenvalue weighted by molar-refractivity contribution is 7.99. The largest absolute Gasteiger partial charge is 0.342 e. The third kappa shape index (κ3) is 3.22. The summed E-state index contributed by atoms with van der Waals surface area (Å²) in [7, 11) is 0. The van der Waals surface area contributed by atoms with Gasteiger partial charge in [0.15, 0.2) is 0 Å². The van der Waals surface area contributed by atoms with Gasteiger partial charge >= 0.3 is 0 Å². The van der Waals surface area contributed by atoms with Crippen LogP contribution in [0.1, 0.15) is 32.6 Å². The number of nitrogens with zero attached hydrogens (tertiary/aromatic N) is 1. The smallest absolute Gasteiger partial charge is 0.235 e. The minimum absolute atomic E-state index is 0.137. The van der Waals surface area contributed by atoms with Crippen molar-refractivity contribution in [1.82, 2.24) is 4.90 Å². The van der Waals surface area contributed by atoms with E-state index < -0.39 is 0 Å². The molecular weight excluding hydrogens is 182 g/mol. The molecule has 0 saturated carbocycles. The van der Waals surface area contributed by atoms with Gasteiger partial charge in [0.1, 0.15) is 0 Å². The highest BCUT2D eigenvalue weighted by Crippen LogP contribution is 2.14. The van der Waals surface area contributed by atoms with Crippen LogP contribution in [0.4, 0.5) is 0 Å². The molecule has 0 bridgehead atoms. The zero-order chi connectivity index (χ0) is 9.68. The fraction of sp³-hybridized carbons (Fsp3) is 0.900. The average molecular weight is 201 g/mol. The molecule has 1 unspecified atom stereocenters. The van der Waals surface area contributed by atoms with E-state index in [1.165, 1.54) is 25.7 Å². The monoisotopic (exact) mass is 201 g/mol. The molecule has 1 aliphatic rings. The van der Waals surface area contributed by atoms with Gasteiger partial charge in [-0.25, -0.2) is 0 Å². The summed E-state index contributed by atoms with van der Waals surface area (Å²) in [6, 6.07) is 0. The summed E-state index contributed by atoms with van der Waals surface area (Å²) in [5, 5.41) is 0.137. The second-order valence-electron chi connectivity index (χ2n) is 3.62. The van der Waals surface area contributed by atoms with Crippen molar-refractivity contribution in [3.8, 4) is 0 Å². The second-order valence-corrected chi connectivity index (χ2v) is 4.80. The molecule has 1 atom stereocenters. The Morgan fingerprint density at radius 1 is 1.23 bits per heavy atom. The number of carbonyl (C=O) groups excluding carboxylic acids is 1. The van der Waals surface area contributed by atoms with Crippen LogP contribution in [0, 0.1) is 0 Å². The third-order valence-electron chi connectivity index (χ3n) is 2.62. The fourth-order valence-electron chi connectivity index (χ4n) is 1.65. The molecule has 1 saturated heterocycles. The predicted octanol–water partition coefficient (Wildman–Crippen LogP) is 2.14. The Labute approximate surface area is 85.1 Å². The molecule has 1 amide bonds. The van der Waals surface area contributed by atoms with Crippen molar-refractivity contribution >= 4 is 17.7 Å². The molecule has 76 valence electrons. The van der Waals surface area contributed by atoms with Crippen molar-refractivity contribution in [2.75, 3.05) is 19.3 Å². The lowest BCUT2D eigenvalue weighted by molar-refractivity contribution is -0.130. The van der Waals surface area contributed by atoms with Crippen LogP contribution in [-0.4, -0.2) is 35.4 Å². The molecule has 0 spiro atoms. The Balaban J connectivity index is 2.43. The van der Waals surface area contributed by atoms with Crippen molar-refractivity contribution < 1.29 is 4.79 Å². The van der Waals surface area contributed by atoms with Crippen molar-refractivity contribution in [3.05, 3.63) is 0 Å². The first-order chi connectivity index (χ1) is 6.25. The number of hydrogen-bond acceptors (Lipinski definition) is 2. The van der Waals surface area contributed by atoms with E-state index in [0.717, 1.165) is 13.1 Å². The highest BCUT2D eigenvalue weighted by Gasteiger charge is 2.19. The zero-order valence-corrected chi connectivity index (χ0v) is 9.40. The van der Waals surface area contributed by atoms with Gasteiger partial charge < -0.3 is 4.90 Å². The van der Waals surface area contributed by atoms with Gasteiger partial charge in [-0.1, -0.05) is 12.8 Å². The molecule has 2 nitrogen and oxygen atoms in total. The maximum Gasteiger partial charge on any atom is 0.235 e. The summed E-state index contributed by atoms with van der Waals surface area (Å²) in [4.78, 5) is 13.8. The second kappa shape index (κ2) is 5.53. The molecule has 3 heteroatoms. The Morgan fingerprint density at radius 2 is 1.77 bits per heavy atom. The molecule has 0 radical (unpaired) electrons. The predicted molar refractivity (Wildman–Crippen MR) is 58.0 cm³/mol. The van der Waals surface area contributed by atoms with Crippen LogP contribution in [0.15, 0.2) is 0 Å². The number of likely N-dealkylation sites (tertiary alicyclic amines) is 1. The van der Waals surface area contributed by atoms with Crippen LogP contribution in [0.2, 0.25) is 0 Å². The summed E-state index contributed by atoms with van der Waals surface area (Å²) in [6.45, 7) is 3.95. The number of hydrogen-bond donors (Lipinski definition) is 0. The van der Waals surface area contributed by atoms with E-state index >= 15 is 0 Å². The molecule has 1 rings (SSSR count). The molecule has 1 fully saturated rings. The normalized spacial score (nSPS) is 20.9. The maximum absolute atomic E-state index is 11.8. The highest BCUT2D eigenvalue weighted by atomic mass is 32.2. The summed E-state index contributed by atoms with van der Waals surface area (Å²) in [5.41, 5.74) is 0. The maximum atomic E-state index is 11.8. The van der Waals surface area contributed by atoms with Gasteiger partial charge in [0.2, 0.25) is 5.91 Å². The Morgan fingerprint density at radius 3 is 2.23 bits per heavy atom. The van der Waals surface area contributed by atoms with E-state index in [2.05, 4.69) is 0 Å². The van der Waals surface area contributed by atoms with Gasteiger partial charge in [-0.2, -0.15) is 11.8 Å². The van der Waals surface area contributed by atoms with Crippen molar-refractivity contribution in [3.63, 3.8) is 0 Å². The summed E-state index contributed by atoms with van der Waals surface area (Å²) in [6.07, 6.45) is 6.95. The number of thioether (sulfide) groups is 1. The Hall–Kier alpha value is -0.180. The molecule has 1 heterocycles. The molecule has 0 aromatic carbocycles. The number of carbonyl (C=O) groups is 1. The van der Waals surface area contributed by atoms with Crippen LogP contribution >= 0.6 is 11.8 Å². The van der Waals surface area contributed by atoms with E-state index in [9.17, 15) is 4.79 Å². The quantitative estimate of drug-likeness (QED) is 0.682. The van der Waals surface area contributed by atoms with Crippen LogP contribution in [0.5, 0.6) is 0 Å². The van der Waals surface area contributed by atoms with E-state index in [1.807, 2.05) is 18.1 Å². The topological polar surface area (TPSA) is 20.3 Å². The lowest BCUT2D eigenvalue weighted by Crippen LogP contribution is -2.37. The van der Waals surface area contributed by atoms with Crippen LogP contribution < -0.4 is 0 Å². The molecule has 0 aromatic rings. The zero-order valence-electron chi connectivity index (χ0n) is 8.58. The van der Waals surface area contributed by atoms with Gasteiger partial charge in [-0.15, -0.1) is 0 Å². The van der Waals surface area contributed by atoms with E-state index in [4.69, 9.17) is 0 Å². The molecular formula is C10H19NOS. The number of amides is 1. The van der Waals surface area contributed by atoms with Crippen molar-refractivity contribution in [2.45, 2.75) is 37.9 Å². The number of rotatable bonds is 2. The minimum Gasteiger partial charge on any atom is -0.342 e. The first-order valence-electron chi connectivity index (χ1n) is 5.07. The lowest BCUT2D eigenvalue weighted by atomic mass is 10.2. The van der Waals surface area contributed by atoms with Gasteiger partial charge in [0.25, 0.3) is 0 Å². The van der Waals surface area contributed by atoms with Gasteiger partial charge in [0, 0.05) is 13.1 Å². The summed E-state index contributed by atoms with van der Waals surface area (Å²) < 4.78 is 0. The molecule has 0 aliphatic carbocycles. The average Bonchev–Trinajstić information content (AvgIpc) is 2.43. The van der Waals surface area contributed by atoms with E-state index in [1.54, 1.807) is 11.8 Å². The van der Waals surface area contributed by atoms with Gasteiger partial charge in [-0.05, 0) is 26.0 Å². The molecule has 0 aromatic heterocycles. The first kappa shape index (κ1) is 10.9. The molecule has 0 N–H and O–H groups in total. The first-order valence-corrected chi connectivity index (χ1v) is 6.36. The summed E-state index contributed by atoms with van der Waals surface area (Å²) in [5.74, 6) is 0.328. The van der Waals surface area contributed by atoms with Crippen molar-refractivity contribution in [2.24, 2.45) is 0 Å².